The van der Waals surface area contributed by atoms with E-state index in [1.54, 1.807) is 0 Å². The third-order valence-electron chi connectivity index (χ3n) is 15.6. The number of aryl methyl sites for hydroxylation is 1. The van der Waals surface area contributed by atoms with Crippen LogP contribution in [0.2, 0.25) is 0 Å². The Bertz CT molecular complexity index is 4130. The number of anilines is 3. The summed E-state index contributed by atoms with van der Waals surface area (Å²) < 4.78 is 4.67. The van der Waals surface area contributed by atoms with Crippen LogP contribution in [0.4, 0.5) is 17.2 Å². The van der Waals surface area contributed by atoms with Crippen LogP contribution in [0.15, 0.2) is 279 Å². The Morgan fingerprint density at radius 3 is 1.65 bits per heavy atom. The van der Waals surface area contributed by atoms with Crippen molar-refractivity contribution < 1.29 is 0 Å². The van der Waals surface area contributed by atoms with E-state index < -0.39 is 16.1 Å². The van der Waals surface area contributed by atoms with Crippen LogP contribution in [0.5, 0.6) is 0 Å². The number of hydrogen-bond acceptors (Lipinski definition) is 3. The van der Waals surface area contributed by atoms with Crippen molar-refractivity contribution in [2.24, 2.45) is 7.05 Å². The van der Waals surface area contributed by atoms with Gasteiger partial charge in [0.05, 0.1) is 27.8 Å². The molecule has 5 nitrogen and oxygen atoms in total. The first-order valence-corrected chi connectivity index (χ1v) is 29.4. The molecule has 10 aromatic carbocycles. The molecule has 0 unspecified atom stereocenters. The molecule has 0 fully saturated rings. The van der Waals surface area contributed by atoms with Crippen LogP contribution in [-0.2, 0) is 7.05 Å². The van der Waals surface area contributed by atoms with E-state index in [4.69, 9.17) is 9.97 Å². The lowest BCUT2D eigenvalue weighted by Gasteiger charge is -2.44. The summed E-state index contributed by atoms with van der Waals surface area (Å²) in [5, 5.41) is 12.8. The fourth-order valence-corrected chi connectivity index (χ4v) is 22.4. The molecule has 0 atom stereocenters. The highest BCUT2D eigenvalue weighted by Gasteiger charge is 2.51. The zero-order valence-corrected chi connectivity index (χ0v) is 42.8. The van der Waals surface area contributed by atoms with Gasteiger partial charge in [0.1, 0.15) is 11.6 Å². The molecule has 0 amide bonds. The highest BCUT2D eigenvalue weighted by molar-refractivity contribution is 7.22. The molecule has 1 aliphatic rings. The molecule has 4 heterocycles. The van der Waals surface area contributed by atoms with Crippen LogP contribution in [0.3, 0.4) is 0 Å². The van der Waals surface area contributed by atoms with Crippen molar-refractivity contribution in [3.05, 3.63) is 279 Å². The topological polar surface area (TPSA) is 38.9 Å². The first-order valence-electron chi connectivity index (χ1n) is 25.4. The van der Waals surface area contributed by atoms with E-state index in [1.165, 1.54) is 58.0 Å². The van der Waals surface area contributed by atoms with Crippen LogP contribution in [0.25, 0.3) is 49.9 Å². The van der Waals surface area contributed by atoms with Crippen molar-refractivity contribution >= 4 is 108 Å². The van der Waals surface area contributed by atoms with Crippen LogP contribution in [-0.4, -0.2) is 35.2 Å². The van der Waals surface area contributed by atoms with Crippen LogP contribution < -0.4 is 46.4 Å². The minimum Gasteiger partial charge on any atom is -0.327 e. The van der Waals surface area contributed by atoms with E-state index in [2.05, 4.69) is 294 Å². The molecule has 350 valence electrons. The summed E-state index contributed by atoms with van der Waals surface area (Å²) in [5.41, 5.74) is 8.85. The zero-order chi connectivity index (χ0) is 49.2. The number of aromatic nitrogens is 4. The fourth-order valence-electron chi connectivity index (χ4n) is 12.5. The minimum atomic E-state index is -3.15. The molecule has 0 radical (unpaired) electrons. The maximum Gasteiger partial charge on any atom is 0.186 e. The van der Waals surface area contributed by atoms with E-state index in [1.807, 2.05) is 6.20 Å². The van der Waals surface area contributed by atoms with Crippen molar-refractivity contribution in [3.63, 3.8) is 0 Å². The minimum absolute atomic E-state index is 0.946. The Kier molecular flexibility index (Phi) is 10.4. The fraction of sp³-hybridized carbons (Fsp3) is 0.0149. The molecule has 0 saturated carbocycles. The van der Waals surface area contributed by atoms with Gasteiger partial charge in [-0.15, -0.1) is 0 Å². The SMILES string of the molecule is Cn1c(-c2cccc([Si](c3ccccc3)(c3ccccc3)c3cccc(N4c5ncccc5[Si](c5ccccc5)(c5ccccc5)c5ccc6c(c54)c4ccccc4n6-c4ccccc4)c3)c2)nc2ccccc21. The Hall–Kier alpha value is -9.15. The Morgan fingerprint density at radius 1 is 0.419 bits per heavy atom. The maximum absolute atomic E-state index is 5.57. The van der Waals surface area contributed by atoms with Crippen LogP contribution >= 0.6 is 0 Å². The molecule has 0 saturated heterocycles. The summed E-state index contributed by atoms with van der Waals surface area (Å²) in [7, 11) is -4.12. The van der Waals surface area contributed by atoms with Gasteiger partial charge in [-0.05, 0) is 96.1 Å². The summed E-state index contributed by atoms with van der Waals surface area (Å²) in [6, 6.07) is 101. The molecule has 0 spiro atoms. The second-order valence-electron chi connectivity index (χ2n) is 19.3. The molecular weight excluding hydrogens is 931 g/mol. The molecule has 13 aromatic rings. The average molecular weight is 980 g/mol. The standard InChI is InChI=1S/C67H49N5Si2/c1-70-60-41-20-18-39-58(60)69-66(70)48-24-21-36-55(46-48)73(51-28-9-3-10-29-51,52-30-11-4-12-31-52)56-37-22-27-50(47-56)72-65-62(44-43-61-64(65)57-38-17-19-40-59(57)71(61)49-25-7-2-8-26-49)74(53-32-13-5-14-33-53,54-34-15-6-16-35-54)63-42-23-45-68-67(63)72/h2-47H,1H3. The second-order valence-corrected chi connectivity index (χ2v) is 26.9. The van der Waals surface area contributed by atoms with Gasteiger partial charge in [-0.2, -0.15) is 0 Å². The van der Waals surface area contributed by atoms with Gasteiger partial charge in [-0.3, -0.25) is 4.90 Å². The summed E-state index contributed by atoms with van der Waals surface area (Å²) in [6.45, 7) is 0. The number of fused-ring (bicyclic) bond motifs is 7. The molecule has 0 bridgehead atoms. The highest BCUT2D eigenvalue weighted by atomic mass is 28.3. The monoisotopic (exact) mass is 979 g/mol. The maximum atomic E-state index is 5.57. The van der Waals surface area contributed by atoms with Gasteiger partial charge in [0.25, 0.3) is 0 Å². The van der Waals surface area contributed by atoms with Crippen molar-refractivity contribution in [2.75, 3.05) is 4.90 Å². The summed E-state index contributed by atoms with van der Waals surface area (Å²) in [6.07, 6.45) is 1.99. The molecule has 0 aliphatic carbocycles. The van der Waals surface area contributed by atoms with Crippen LogP contribution in [0.1, 0.15) is 0 Å². The van der Waals surface area contributed by atoms with Crippen LogP contribution in [0, 0.1) is 0 Å². The van der Waals surface area contributed by atoms with Gasteiger partial charge >= 0.3 is 0 Å². The lowest BCUT2D eigenvalue weighted by atomic mass is 10.1. The van der Waals surface area contributed by atoms with Gasteiger partial charge in [0.2, 0.25) is 0 Å². The van der Waals surface area contributed by atoms with Gasteiger partial charge in [0.15, 0.2) is 16.1 Å². The summed E-state index contributed by atoms with van der Waals surface area (Å²) in [5.74, 6) is 1.90. The molecule has 3 aromatic heterocycles. The van der Waals surface area contributed by atoms with Gasteiger partial charge in [-0.25, -0.2) is 9.97 Å². The number of nitrogens with zero attached hydrogens (tertiary/aromatic N) is 5. The predicted molar refractivity (Wildman–Crippen MR) is 314 cm³/mol. The number of rotatable bonds is 9. The third-order valence-corrected chi connectivity index (χ3v) is 25.1. The lowest BCUT2D eigenvalue weighted by Crippen LogP contribution is -2.77. The van der Waals surface area contributed by atoms with E-state index >= 15 is 0 Å². The van der Waals surface area contributed by atoms with Crippen molar-refractivity contribution in [3.8, 4) is 17.1 Å². The molecule has 14 rings (SSSR count). The van der Waals surface area contributed by atoms with E-state index in [-0.39, 0.29) is 0 Å². The Balaban J connectivity index is 1.10. The molecule has 74 heavy (non-hydrogen) atoms. The van der Waals surface area contributed by atoms with E-state index in [0.717, 1.165) is 50.6 Å². The Labute approximate surface area is 432 Å². The first-order chi connectivity index (χ1) is 36.7. The summed E-state index contributed by atoms with van der Waals surface area (Å²) >= 11 is 0. The smallest absolute Gasteiger partial charge is 0.186 e. The average Bonchev–Trinajstić information content (AvgIpc) is 4.00. The van der Waals surface area contributed by atoms with Crippen molar-refractivity contribution in [2.45, 2.75) is 0 Å². The molecule has 7 heteroatoms. The zero-order valence-electron chi connectivity index (χ0n) is 40.8. The number of imidazole rings is 1. The van der Waals surface area contributed by atoms with Crippen molar-refractivity contribution in [1.82, 2.24) is 19.1 Å². The normalized spacial score (nSPS) is 13.0. The highest BCUT2D eigenvalue weighted by Crippen LogP contribution is 2.45. The number of hydrogen-bond donors (Lipinski definition) is 0. The number of benzene rings is 10. The van der Waals surface area contributed by atoms with Gasteiger partial charge in [-0.1, -0.05) is 218 Å². The molecular formula is C67H49N5Si2. The van der Waals surface area contributed by atoms with E-state index in [9.17, 15) is 0 Å². The quantitative estimate of drug-likeness (QED) is 0.107. The number of pyridine rings is 1. The Morgan fingerprint density at radius 2 is 0.973 bits per heavy atom. The predicted octanol–water partition coefficient (Wildman–Crippen LogP) is 10.3. The van der Waals surface area contributed by atoms with Crippen molar-refractivity contribution in [1.29, 1.82) is 0 Å². The number of para-hydroxylation sites is 4. The first kappa shape index (κ1) is 43.6. The van der Waals surface area contributed by atoms with Gasteiger partial charge in [0, 0.05) is 41.0 Å². The van der Waals surface area contributed by atoms with E-state index in [0.29, 0.717) is 0 Å². The molecule has 1 aliphatic heterocycles. The summed E-state index contributed by atoms with van der Waals surface area (Å²) in [4.78, 5) is 13.3. The second kappa shape index (κ2) is 17.6. The lowest BCUT2D eigenvalue weighted by molar-refractivity contribution is 0.959. The molecule has 0 N–H and O–H groups in total. The largest absolute Gasteiger partial charge is 0.327 e. The third kappa shape index (κ3) is 6.47. The van der Waals surface area contributed by atoms with Gasteiger partial charge < -0.3 is 9.13 Å².